The van der Waals surface area contributed by atoms with Gasteiger partial charge in [0.1, 0.15) is 11.0 Å². The Morgan fingerprint density at radius 2 is 2.00 bits per heavy atom. The number of aliphatic carboxylic acids is 1. The van der Waals surface area contributed by atoms with Gasteiger partial charge in [0.25, 0.3) is 0 Å². The third-order valence-electron chi connectivity index (χ3n) is 6.20. The molecule has 0 spiro atoms. The number of rotatable bonds is 6. The summed E-state index contributed by atoms with van der Waals surface area (Å²) in [4.78, 5) is 43.6. The summed E-state index contributed by atoms with van der Waals surface area (Å²) in [6.45, 7) is 0.407. The highest BCUT2D eigenvalue weighted by molar-refractivity contribution is 7.10. The number of hydrogen-bond donors (Lipinski definition) is 2. The fourth-order valence-corrected chi connectivity index (χ4v) is 5.97. The second-order valence-corrected chi connectivity index (χ2v) is 9.69. The molecule has 1 aromatic carbocycles. The summed E-state index contributed by atoms with van der Waals surface area (Å²) in [6.07, 6.45) is 4.55. The summed E-state index contributed by atoms with van der Waals surface area (Å²) in [6, 6.07) is 6.23. The van der Waals surface area contributed by atoms with E-state index in [4.69, 9.17) is 16.6 Å². The summed E-state index contributed by atoms with van der Waals surface area (Å²) in [5, 5.41) is 15.3. The second-order valence-electron chi connectivity index (χ2n) is 8.39. The zero-order valence-corrected chi connectivity index (χ0v) is 19.2. The fourth-order valence-electron chi connectivity index (χ4n) is 4.72. The number of carbonyl (C=O) groups is 3. The number of halogens is 1. The highest BCUT2D eigenvalue weighted by Gasteiger charge is 2.40. The molecule has 1 saturated carbocycles. The molecule has 0 bridgehead atoms. The van der Waals surface area contributed by atoms with Gasteiger partial charge in [-0.2, -0.15) is 0 Å². The number of nitrogens with one attached hydrogen (secondary N) is 1. The number of benzene rings is 1. The van der Waals surface area contributed by atoms with Crippen LogP contribution in [0.25, 0.3) is 11.3 Å². The van der Waals surface area contributed by atoms with Gasteiger partial charge in [-0.1, -0.05) is 42.6 Å². The lowest BCUT2D eigenvalue weighted by molar-refractivity contribution is -0.146. The topological polar surface area (TPSA) is 99.6 Å². The van der Waals surface area contributed by atoms with E-state index in [0.29, 0.717) is 18.0 Å². The van der Waals surface area contributed by atoms with Crippen LogP contribution in [0.5, 0.6) is 0 Å². The molecule has 4 rings (SSSR count). The minimum atomic E-state index is -1.11. The summed E-state index contributed by atoms with van der Waals surface area (Å²) in [7, 11) is 0. The Kier molecular flexibility index (Phi) is 7.10. The Morgan fingerprint density at radius 1 is 1.25 bits per heavy atom. The average Bonchev–Trinajstić information content (AvgIpc) is 3.44. The van der Waals surface area contributed by atoms with Crippen LogP contribution in [0.2, 0.25) is 5.02 Å². The number of nitrogens with zero attached hydrogens (tertiary/aromatic N) is 2. The number of thiazole rings is 1. The molecule has 2 heterocycles. The van der Waals surface area contributed by atoms with Gasteiger partial charge in [-0.05, 0) is 31.2 Å². The van der Waals surface area contributed by atoms with Crippen LogP contribution in [0.4, 0.5) is 0 Å². The van der Waals surface area contributed by atoms with E-state index in [1.807, 2.05) is 29.6 Å². The number of carboxylic acid groups (broad SMARTS) is 1. The molecule has 170 valence electrons. The van der Waals surface area contributed by atoms with Gasteiger partial charge in [0.15, 0.2) is 0 Å². The molecule has 2 N–H and O–H groups in total. The van der Waals surface area contributed by atoms with Crippen LogP contribution < -0.4 is 5.32 Å². The van der Waals surface area contributed by atoms with Crippen molar-refractivity contribution in [1.82, 2.24) is 15.2 Å². The normalized spacial score (nSPS) is 21.2. The van der Waals surface area contributed by atoms with Crippen molar-refractivity contribution in [3.8, 4) is 11.3 Å². The summed E-state index contributed by atoms with van der Waals surface area (Å²) in [5.74, 6) is -1.48. The molecule has 32 heavy (non-hydrogen) atoms. The van der Waals surface area contributed by atoms with Crippen molar-refractivity contribution in [2.24, 2.45) is 5.92 Å². The number of aromatic nitrogens is 1. The highest BCUT2D eigenvalue weighted by Crippen LogP contribution is 2.42. The molecule has 2 aromatic rings. The summed E-state index contributed by atoms with van der Waals surface area (Å²) < 4.78 is 0. The molecule has 1 aliphatic heterocycles. The third kappa shape index (κ3) is 4.96. The zero-order chi connectivity index (χ0) is 22.7. The molecule has 2 aliphatic rings. The SMILES string of the molecule is O=C(O)CC1NC(=O)CCCN(C(c2nc(-c3ccccc3Cl)cs2)C2CCCC2)C1=O. The second kappa shape index (κ2) is 10.0. The van der Waals surface area contributed by atoms with Crippen LogP contribution >= 0.6 is 22.9 Å². The van der Waals surface area contributed by atoms with Crippen molar-refractivity contribution in [1.29, 1.82) is 0 Å². The number of carboxylic acids is 1. The van der Waals surface area contributed by atoms with Crippen molar-refractivity contribution in [3.05, 3.63) is 39.7 Å². The minimum absolute atomic E-state index is 0.238. The summed E-state index contributed by atoms with van der Waals surface area (Å²) >= 11 is 7.88. The van der Waals surface area contributed by atoms with Gasteiger partial charge in [-0.15, -0.1) is 11.3 Å². The molecule has 2 fully saturated rings. The molecular weight excluding hydrogens is 450 g/mol. The molecule has 9 heteroatoms. The molecular formula is C23H26ClN3O4S. The van der Waals surface area contributed by atoms with E-state index in [-0.39, 0.29) is 30.2 Å². The first kappa shape index (κ1) is 22.7. The smallest absolute Gasteiger partial charge is 0.305 e. The van der Waals surface area contributed by atoms with Crippen LogP contribution in [0.3, 0.4) is 0 Å². The molecule has 1 aromatic heterocycles. The molecule has 1 aliphatic carbocycles. The largest absolute Gasteiger partial charge is 0.481 e. The van der Waals surface area contributed by atoms with E-state index >= 15 is 0 Å². The van der Waals surface area contributed by atoms with Gasteiger partial charge in [0, 0.05) is 28.9 Å². The minimum Gasteiger partial charge on any atom is -0.481 e. The number of amides is 2. The van der Waals surface area contributed by atoms with Gasteiger partial charge < -0.3 is 15.3 Å². The van der Waals surface area contributed by atoms with E-state index in [1.54, 1.807) is 4.90 Å². The first-order chi connectivity index (χ1) is 15.4. The lowest BCUT2D eigenvalue weighted by Gasteiger charge is -2.38. The fraction of sp³-hybridized carbons (Fsp3) is 0.478. The van der Waals surface area contributed by atoms with E-state index in [9.17, 15) is 19.5 Å². The number of hydrogen-bond acceptors (Lipinski definition) is 5. The van der Waals surface area contributed by atoms with Crippen molar-refractivity contribution in [3.63, 3.8) is 0 Å². The summed E-state index contributed by atoms with van der Waals surface area (Å²) in [5.41, 5.74) is 1.62. The van der Waals surface area contributed by atoms with Crippen LogP contribution in [-0.2, 0) is 14.4 Å². The predicted molar refractivity (Wildman–Crippen MR) is 122 cm³/mol. The van der Waals surface area contributed by atoms with Crippen LogP contribution in [-0.4, -0.2) is 45.4 Å². The Morgan fingerprint density at radius 3 is 2.72 bits per heavy atom. The van der Waals surface area contributed by atoms with Gasteiger partial charge >= 0.3 is 5.97 Å². The molecule has 1 saturated heterocycles. The maximum atomic E-state index is 13.5. The van der Waals surface area contributed by atoms with Crippen molar-refractivity contribution in [2.75, 3.05) is 6.54 Å². The van der Waals surface area contributed by atoms with Crippen molar-refractivity contribution < 1.29 is 19.5 Å². The van der Waals surface area contributed by atoms with Gasteiger partial charge in [0.05, 0.1) is 18.2 Å². The Bertz CT molecular complexity index is 1000. The van der Waals surface area contributed by atoms with Gasteiger partial charge in [-0.3, -0.25) is 14.4 Å². The lowest BCUT2D eigenvalue weighted by atomic mass is 9.95. The average molecular weight is 476 g/mol. The third-order valence-corrected chi connectivity index (χ3v) is 7.45. The first-order valence-electron chi connectivity index (χ1n) is 11.0. The quantitative estimate of drug-likeness (QED) is 0.649. The first-order valence-corrected chi connectivity index (χ1v) is 12.2. The van der Waals surface area contributed by atoms with Gasteiger partial charge in [0.2, 0.25) is 11.8 Å². The van der Waals surface area contributed by atoms with E-state index in [0.717, 1.165) is 41.9 Å². The maximum absolute atomic E-state index is 13.5. The van der Waals surface area contributed by atoms with Gasteiger partial charge in [-0.25, -0.2) is 4.98 Å². The Hall–Kier alpha value is -2.45. The zero-order valence-electron chi connectivity index (χ0n) is 17.6. The standard InChI is InChI=1S/C23H26ClN3O4S/c24-16-9-4-3-8-15(16)18-13-32-22(26-18)21(14-6-1-2-7-14)27-11-5-10-19(28)25-17(23(27)31)12-20(29)30/h3-4,8-9,13-14,17,21H,1-2,5-7,10-12H2,(H,25,28)(H,29,30). The van der Waals surface area contributed by atoms with E-state index < -0.39 is 18.4 Å². The van der Waals surface area contributed by atoms with E-state index in [1.165, 1.54) is 11.3 Å². The molecule has 2 unspecified atom stereocenters. The predicted octanol–water partition coefficient (Wildman–Crippen LogP) is 4.28. The van der Waals surface area contributed by atoms with E-state index in [2.05, 4.69) is 5.32 Å². The highest BCUT2D eigenvalue weighted by atomic mass is 35.5. The van der Waals surface area contributed by atoms with Crippen LogP contribution in [0.15, 0.2) is 29.6 Å². The van der Waals surface area contributed by atoms with Crippen molar-refractivity contribution in [2.45, 2.75) is 57.0 Å². The maximum Gasteiger partial charge on any atom is 0.305 e. The molecule has 2 amide bonds. The number of carbonyl (C=O) groups excluding carboxylic acids is 2. The Balaban J connectivity index is 1.69. The molecule has 7 nitrogen and oxygen atoms in total. The monoisotopic (exact) mass is 475 g/mol. The van der Waals surface area contributed by atoms with Crippen LogP contribution in [0, 0.1) is 5.92 Å². The van der Waals surface area contributed by atoms with Crippen molar-refractivity contribution >= 4 is 40.7 Å². The van der Waals surface area contributed by atoms with Crippen LogP contribution in [0.1, 0.15) is 56.0 Å². The lowest BCUT2D eigenvalue weighted by Crippen LogP contribution is -2.53. The Labute approximate surface area is 195 Å². The molecule has 2 atom stereocenters. The molecule has 0 radical (unpaired) electrons.